The van der Waals surface area contributed by atoms with Gasteiger partial charge in [-0.2, -0.15) is 40.3 Å². The Bertz CT molecular complexity index is 6820. The number of hydrogen-bond donors (Lipinski definition) is 2. The molecule has 0 spiro atoms. The van der Waals surface area contributed by atoms with E-state index in [1.807, 2.05) is 269 Å². The van der Waals surface area contributed by atoms with Crippen molar-refractivity contribution in [2.75, 3.05) is 7.05 Å². The van der Waals surface area contributed by atoms with Crippen LogP contribution in [0.1, 0.15) is 111 Å². The van der Waals surface area contributed by atoms with E-state index in [-0.39, 0.29) is 122 Å². The monoisotopic (exact) mass is 2730 g/mol. The maximum absolute atomic E-state index is 12.1. The molecule has 0 atom stereocenters. The molecule has 0 saturated carbocycles. The molecule has 8 bridgehead atoms. The summed E-state index contributed by atoms with van der Waals surface area (Å²) < 4.78 is 0. The molecule has 10 aromatic heterocycles. The number of pyridine rings is 10. The van der Waals surface area contributed by atoms with Gasteiger partial charge >= 0.3 is 69.2 Å². The summed E-state index contributed by atoms with van der Waals surface area (Å²) in [5.41, 5.74) is 25.0. The number of carboxylic acid groups (broad SMARTS) is 1. The second kappa shape index (κ2) is 50.3. The molecule has 15 nitrogen and oxygen atoms in total. The summed E-state index contributed by atoms with van der Waals surface area (Å²) in [4.78, 5) is 70.6. The number of nitrogens with zero attached hydrogens (tertiary/aromatic N) is 11. The Morgan fingerprint density at radius 1 is 0.290 bits per heavy atom. The number of carbonyl (C=O) groups is 2. The van der Waals surface area contributed by atoms with E-state index in [0.29, 0.717) is 11.3 Å². The number of aromatic hydroxyl groups is 1. The van der Waals surface area contributed by atoms with E-state index >= 15 is 0 Å². The standard InChI is InChI=1S/C26H20N2.C25H21N2O.C25H21N2S.C21H20N3O.C20H17N2O2.5Pt/c1-5-19-13-14-21-7-2-8-22(18-21)24-10-4-12-26(28-24)25-11-3-9-23(27-25)16-15-20(6-1)17-19;2*1-25(2,20-11-3-4-15-24(20)28)19-10-7-9-18(17-19)21-13-8-14-23(27-21)22-12-5-6-16-26-22;1-21(2,20(25)22-3)16-9-6-8-15(14-16)17-11-7-12-19(24-17)18-10-4-5-13-23-18;1-20(2,19(23)24)15-8-5-7-14(13-15)16-10-6-11-18(22-16)17-9-3-4-12-21-17;;;;;/h1-12H,13-16H2;2*3-16,28H,1-2H3;4-13H,1-3H3,(H,22,25);3-12H,1-2H3,(H,23,24);;;;;/q-2;4*-1;;;3*+2/p-2. The van der Waals surface area contributed by atoms with Crippen LogP contribution in [0.2, 0.25) is 0 Å². The van der Waals surface area contributed by atoms with Gasteiger partial charge in [0.2, 0.25) is 0 Å². The van der Waals surface area contributed by atoms with Crippen molar-refractivity contribution in [1.82, 2.24) is 49.8 Å². The maximum Gasteiger partial charge on any atom is 2.00 e. The molecular formula is C117H97N11O4Pt5S-2. The smallest absolute Gasteiger partial charge is 0.779 e. The van der Waals surface area contributed by atoms with Crippen molar-refractivity contribution in [3.63, 3.8) is 0 Å². The van der Waals surface area contributed by atoms with E-state index in [1.165, 1.54) is 23.7 Å². The van der Waals surface area contributed by atoms with Crippen LogP contribution in [-0.4, -0.2) is 79.0 Å². The van der Waals surface area contributed by atoms with Gasteiger partial charge in [0.15, 0.2) is 0 Å². The van der Waals surface area contributed by atoms with Gasteiger partial charge in [0.05, 0.1) is 68.3 Å². The van der Waals surface area contributed by atoms with Crippen molar-refractivity contribution >= 4 is 24.5 Å². The van der Waals surface area contributed by atoms with Crippen LogP contribution in [-0.2, 0) is 175 Å². The predicted molar refractivity (Wildman–Crippen MR) is 531 cm³/mol. The third kappa shape index (κ3) is 27.2. The number of carbonyl (C=O) groups excluding carboxylic acids is 1. The SMILES string of the molecule is CC(C)(C(=O)O)c1[c-]c(-c2cccc(-c3ccccn3)n2)ccc1.CC(C)(c1[c-]c(-c2cccc(-c3ccccn3)n2)ccc1)c1ccccc1O.CC(C)(c1[c-]c(-c2cccc(-c3ccccn3)n2)ccc1)c1ccccc1[S-].C[N-]C(=O)C(C)(C)c1[c-]c(-c2cccc(-c3ccccn3)n2)ccc1.[Pt+2].[Pt+2].[Pt+2].[Pt].[Pt].[c-]1c2cccc1CCc1cccc(n1)-c1cccc(n1)-c1[c-]c(ccc1)CC2. The molecule has 1 amide bonds. The molecule has 2 N–H and O–H groups in total. The van der Waals surface area contributed by atoms with E-state index in [2.05, 4.69) is 167 Å². The molecule has 21 heteroatoms. The third-order valence-corrected chi connectivity index (χ3v) is 23.6. The molecule has 0 fully saturated rings. The van der Waals surface area contributed by atoms with E-state index < -0.39 is 16.8 Å². The molecule has 702 valence electrons. The van der Waals surface area contributed by atoms with Crippen molar-refractivity contribution in [3.05, 3.63) is 462 Å². The Labute approximate surface area is 886 Å². The number of rotatable bonds is 16. The first-order chi connectivity index (χ1) is 64.4. The number of likely N-dealkylation sites (N-methyl/N-ethyl adjacent to an activating group) is 1. The van der Waals surface area contributed by atoms with Gasteiger partial charge in [0, 0.05) is 89.0 Å². The second-order valence-electron chi connectivity index (χ2n) is 34.0. The molecule has 18 aromatic rings. The van der Waals surface area contributed by atoms with E-state index in [9.17, 15) is 19.8 Å². The average Bonchev–Trinajstić information content (AvgIpc) is 0.778. The molecule has 0 unspecified atom stereocenters. The Kier molecular flexibility index (Phi) is 39.3. The van der Waals surface area contributed by atoms with Gasteiger partial charge in [-0.05, 0) is 170 Å². The number of aliphatic carboxylic acids is 1. The summed E-state index contributed by atoms with van der Waals surface area (Å²) in [6, 6.07) is 131. The number of phenols is 1. The van der Waals surface area contributed by atoms with Crippen LogP contribution in [0.4, 0.5) is 0 Å². The van der Waals surface area contributed by atoms with E-state index in [1.54, 1.807) is 50.8 Å². The molecule has 19 rings (SSSR count). The topological polar surface area (TPSA) is 218 Å². The van der Waals surface area contributed by atoms with E-state index in [4.69, 9.17) is 37.5 Å². The minimum Gasteiger partial charge on any atom is -0.779 e. The Morgan fingerprint density at radius 3 is 0.935 bits per heavy atom. The second-order valence-corrected chi connectivity index (χ2v) is 34.4. The first-order valence-electron chi connectivity index (χ1n) is 44.0. The van der Waals surface area contributed by atoms with Gasteiger partial charge in [-0.1, -0.05) is 181 Å². The fraction of sp³-hybridized carbons (Fsp3) is 0.145. The number of amides is 1. The first kappa shape index (κ1) is 108. The van der Waals surface area contributed by atoms with Crippen molar-refractivity contribution in [2.45, 2.75) is 108 Å². The van der Waals surface area contributed by atoms with Gasteiger partial charge in [-0.25, -0.2) is 0 Å². The molecule has 11 heterocycles. The summed E-state index contributed by atoms with van der Waals surface area (Å²) in [6.07, 6.45) is 10.8. The number of fused-ring (bicyclic) bond motifs is 10. The average molecular weight is 2730 g/mol. The van der Waals surface area contributed by atoms with Crippen LogP contribution in [0, 0.1) is 36.4 Å². The Balaban J connectivity index is 0.000000177. The number of phenolic OH excluding ortho intramolecular Hbond substituents is 1. The van der Waals surface area contributed by atoms with Crippen molar-refractivity contribution in [1.29, 1.82) is 0 Å². The summed E-state index contributed by atoms with van der Waals surface area (Å²) in [5, 5.41) is 23.5. The summed E-state index contributed by atoms with van der Waals surface area (Å²) >= 11 is 5.56. The van der Waals surface area contributed by atoms with Gasteiger partial charge < -0.3 is 33.0 Å². The fourth-order valence-corrected chi connectivity index (χ4v) is 15.8. The van der Waals surface area contributed by atoms with E-state index in [0.717, 1.165) is 177 Å². The number of benzene rings is 8. The number of hydrogen-bond acceptors (Lipinski definition) is 14. The number of para-hydroxylation sites is 1. The van der Waals surface area contributed by atoms with Gasteiger partial charge in [0.25, 0.3) is 0 Å². The molecule has 8 aromatic carbocycles. The zero-order chi connectivity index (χ0) is 92.9. The van der Waals surface area contributed by atoms with Crippen LogP contribution >= 0.6 is 0 Å². The summed E-state index contributed by atoms with van der Waals surface area (Å²) in [5.74, 6) is -0.760. The fourth-order valence-electron chi connectivity index (χ4n) is 15.4. The number of aromatic nitrogens is 10. The number of carboxylic acids is 1. The molecular weight excluding hydrogens is 2630 g/mol. The van der Waals surface area contributed by atoms with Gasteiger partial charge in [0.1, 0.15) is 5.75 Å². The molecule has 0 aliphatic carbocycles. The minimum absolute atomic E-state index is 0. The Hall–Kier alpha value is -12.3. The molecule has 1 aliphatic heterocycles. The predicted octanol–water partition coefficient (Wildman–Crippen LogP) is 25.2. The Morgan fingerprint density at radius 2 is 0.565 bits per heavy atom. The largest absolute Gasteiger partial charge is 2.00 e. The van der Waals surface area contributed by atoms with Crippen LogP contribution < -0.4 is 0 Å². The molecule has 1 aliphatic rings. The summed E-state index contributed by atoms with van der Waals surface area (Å²) in [7, 11) is 1.52. The van der Waals surface area contributed by atoms with Crippen molar-refractivity contribution in [2.24, 2.45) is 0 Å². The molecule has 0 saturated heterocycles. The zero-order valence-electron chi connectivity index (χ0n) is 77.1. The minimum atomic E-state index is -1.01. The molecule has 138 heavy (non-hydrogen) atoms. The van der Waals surface area contributed by atoms with Gasteiger partial charge in [-0.3, -0.25) is 54.6 Å². The van der Waals surface area contributed by atoms with Crippen LogP contribution in [0.3, 0.4) is 0 Å². The van der Waals surface area contributed by atoms with Crippen LogP contribution in [0.5, 0.6) is 5.75 Å². The quantitative estimate of drug-likeness (QED) is 0.0679. The number of aryl methyl sites for hydroxylation is 4. The third-order valence-electron chi connectivity index (χ3n) is 23.3. The van der Waals surface area contributed by atoms with Crippen LogP contribution in [0.15, 0.2) is 369 Å². The zero-order valence-corrected chi connectivity index (χ0v) is 89.3. The van der Waals surface area contributed by atoms with Crippen LogP contribution in [0.25, 0.3) is 119 Å². The normalized spacial score (nSPS) is 11.3. The molecule has 0 radical (unpaired) electrons. The van der Waals surface area contributed by atoms with Gasteiger partial charge in [-0.15, -0.1) is 184 Å². The summed E-state index contributed by atoms with van der Waals surface area (Å²) in [6.45, 7) is 15.6. The van der Waals surface area contributed by atoms with Crippen molar-refractivity contribution < 1.29 is 125 Å². The van der Waals surface area contributed by atoms with Crippen molar-refractivity contribution in [3.8, 4) is 119 Å². The maximum atomic E-state index is 12.1. The first-order valence-corrected chi connectivity index (χ1v) is 44.4.